The van der Waals surface area contributed by atoms with Gasteiger partial charge in [-0.15, -0.1) is 11.3 Å². The van der Waals surface area contributed by atoms with Gasteiger partial charge in [0.05, 0.1) is 5.41 Å². The molecule has 2 aromatic heterocycles. The third-order valence-electron chi connectivity index (χ3n) is 13.0. The molecule has 0 atom stereocenters. The highest BCUT2D eigenvalue weighted by Crippen LogP contribution is 2.63. The van der Waals surface area contributed by atoms with Gasteiger partial charge in [-0.05, 0) is 97.1 Å². The molecule has 1 spiro atoms. The van der Waals surface area contributed by atoms with Crippen LogP contribution in [0, 0.1) is 0 Å². The van der Waals surface area contributed by atoms with Crippen molar-refractivity contribution in [3.63, 3.8) is 0 Å². The number of fused-ring (bicyclic) bond motifs is 13. The number of benzene rings is 9. The van der Waals surface area contributed by atoms with E-state index >= 15 is 0 Å². The molecule has 0 radical (unpaired) electrons. The van der Waals surface area contributed by atoms with Crippen LogP contribution >= 0.6 is 11.3 Å². The van der Waals surface area contributed by atoms with Crippen LogP contribution < -0.4 is 0 Å². The van der Waals surface area contributed by atoms with E-state index in [1.54, 1.807) is 0 Å². The van der Waals surface area contributed by atoms with Crippen molar-refractivity contribution >= 4 is 31.5 Å². The van der Waals surface area contributed by atoms with Crippen molar-refractivity contribution in [1.82, 2.24) is 15.0 Å². The minimum Gasteiger partial charge on any atom is -0.208 e. The molecule has 0 bridgehead atoms. The van der Waals surface area contributed by atoms with E-state index in [-0.39, 0.29) is 5.41 Å². The molecule has 2 heterocycles. The Kier molecular flexibility index (Phi) is 7.69. The van der Waals surface area contributed by atoms with E-state index in [0.29, 0.717) is 17.5 Å². The Morgan fingerprint density at radius 1 is 0.274 bits per heavy atom. The van der Waals surface area contributed by atoms with Gasteiger partial charge in [-0.25, -0.2) is 15.0 Å². The summed E-state index contributed by atoms with van der Waals surface area (Å²) in [6.07, 6.45) is 0. The first-order valence-electron chi connectivity index (χ1n) is 21.1. The molecular formula is C58H35N3S. The average Bonchev–Trinajstić information content (AvgIpc) is 3.98. The van der Waals surface area contributed by atoms with Crippen LogP contribution in [0.15, 0.2) is 212 Å². The van der Waals surface area contributed by atoms with Crippen LogP contribution in [0.25, 0.3) is 98.8 Å². The molecule has 0 fully saturated rings. The summed E-state index contributed by atoms with van der Waals surface area (Å²) in [6.45, 7) is 0. The normalized spacial score (nSPS) is 13.0. The van der Waals surface area contributed by atoms with E-state index in [1.807, 2.05) is 29.5 Å². The Hall–Kier alpha value is -7.79. The summed E-state index contributed by atoms with van der Waals surface area (Å²) in [7, 11) is 0. The fraction of sp³-hybridized carbons (Fsp3) is 0.0172. The topological polar surface area (TPSA) is 38.7 Å². The highest BCUT2D eigenvalue weighted by atomic mass is 32.1. The molecule has 62 heavy (non-hydrogen) atoms. The van der Waals surface area contributed by atoms with Crippen molar-refractivity contribution in [3.8, 4) is 78.7 Å². The van der Waals surface area contributed by atoms with Gasteiger partial charge in [-0.1, -0.05) is 182 Å². The molecule has 4 heteroatoms. The number of nitrogens with zero attached hydrogens (tertiary/aromatic N) is 3. The molecule has 0 unspecified atom stereocenters. The maximum atomic E-state index is 5.15. The van der Waals surface area contributed by atoms with E-state index in [1.165, 1.54) is 75.8 Å². The monoisotopic (exact) mass is 805 g/mol. The minimum atomic E-state index is -0.347. The smallest absolute Gasteiger partial charge is 0.164 e. The highest BCUT2D eigenvalue weighted by Gasteiger charge is 2.51. The second-order valence-electron chi connectivity index (χ2n) is 16.3. The summed E-state index contributed by atoms with van der Waals surface area (Å²) >= 11 is 1.84. The van der Waals surface area contributed by atoms with Gasteiger partial charge in [0.25, 0.3) is 0 Å². The van der Waals surface area contributed by atoms with Gasteiger partial charge in [0.15, 0.2) is 17.5 Å². The minimum absolute atomic E-state index is 0.347. The fourth-order valence-electron chi connectivity index (χ4n) is 10.2. The van der Waals surface area contributed by atoms with Crippen LogP contribution in [-0.2, 0) is 5.41 Å². The second-order valence-corrected chi connectivity index (χ2v) is 17.4. The molecule has 288 valence electrons. The van der Waals surface area contributed by atoms with E-state index in [4.69, 9.17) is 15.0 Å². The molecule has 2 aliphatic rings. The molecule has 2 aliphatic carbocycles. The van der Waals surface area contributed by atoms with Gasteiger partial charge in [0, 0.05) is 36.9 Å². The Balaban J connectivity index is 0.889. The summed E-state index contributed by atoms with van der Waals surface area (Å²) in [5.41, 5.74) is 17.7. The van der Waals surface area contributed by atoms with Gasteiger partial charge >= 0.3 is 0 Å². The lowest BCUT2D eigenvalue weighted by atomic mass is 9.70. The Labute approximate surface area is 363 Å². The SMILES string of the molecule is c1ccc(-c2nc(-c3ccc(-c4ccc5c(c4)-c4ccccc4C54c5ccccc5-c5ccccc54)cc3)nc(-c3cccc(-c4ccc5sc6ccccc6c5c4)c3)n2)cc1. The Morgan fingerprint density at radius 3 is 1.44 bits per heavy atom. The van der Waals surface area contributed by atoms with Gasteiger partial charge in [-0.2, -0.15) is 0 Å². The number of rotatable bonds is 5. The largest absolute Gasteiger partial charge is 0.208 e. The van der Waals surface area contributed by atoms with Gasteiger partial charge < -0.3 is 0 Å². The summed E-state index contributed by atoms with van der Waals surface area (Å²) in [5.74, 6) is 1.93. The second kappa shape index (κ2) is 13.6. The lowest BCUT2D eigenvalue weighted by Gasteiger charge is -2.30. The zero-order valence-corrected chi connectivity index (χ0v) is 34.3. The molecule has 9 aromatic carbocycles. The van der Waals surface area contributed by atoms with Crippen molar-refractivity contribution in [1.29, 1.82) is 0 Å². The number of aromatic nitrogens is 3. The van der Waals surface area contributed by atoms with Crippen LogP contribution in [0.4, 0.5) is 0 Å². The van der Waals surface area contributed by atoms with Gasteiger partial charge in [0.1, 0.15) is 0 Å². The zero-order valence-electron chi connectivity index (χ0n) is 33.5. The van der Waals surface area contributed by atoms with Crippen molar-refractivity contribution in [2.24, 2.45) is 0 Å². The maximum absolute atomic E-state index is 5.15. The van der Waals surface area contributed by atoms with Crippen LogP contribution in [0.5, 0.6) is 0 Å². The number of thiophene rings is 1. The Bertz CT molecular complexity index is 3540. The summed E-state index contributed by atoms with van der Waals surface area (Å²) < 4.78 is 2.60. The van der Waals surface area contributed by atoms with E-state index in [2.05, 4.69) is 194 Å². The Morgan fingerprint density at radius 2 is 0.726 bits per heavy atom. The molecule has 11 aromatic rings. The fourth-order valence-corrected chi connectivity index (χ4v) is 11.3. The molecule has 0 amide bonds. The quantitative estimate of drug-likeness (QED) is 0.174. The van der Waals surface area contributed by atoms with Crippen LogP contribution in [0.2, 0.25) is 0 Å². The summed E-state index contributed by atoms with van der Waals surface area (Å²) in [6, 6.07) is 76.8. The number of hydrogen-bond donors (Lipinski definition) is 0. The van der Waals surface area contributed by atoms with Gasteiger partial charge in [-0.3, -0.25) is 0 Å². The lowest BCUT2D eigenvalue weighted by molar-refractivity contribution is 0.794. The van der Waals surface area contributed by atoms with Crippen LogP contribution in [-0.4, -0.2) is 15.0 Å². The maximum Gasteiger partial charge on any atom is 0.164 e. The van der Waals surface area contributed by atoms with E-state index < -0.39 is 0 Å². The average molecular weight is 806 g/mol. The molecular weight excluding hydrogens is 771 g/mol. The zero-order chi connectivity index (χ0) is 40.8. The molecule has 13 rings (SSSR count). The van der Waals surface area contributed by atoms with Crippen LogP contribution in [0.1, 0.15) is 22.3 Å². The first-order valence-corrected chi connectivity index (χ1v) is 21.9. The molecule has 3 nitrogen and oxygen atoms in total. The van der Waals surface area contributed by atoms with Crippen molar-refractivity contribution in [2.45, 2.75) is 5.41 Å². The van der Waals surface area contributed by atoms with E-state index in [0.717, 1.165) is 27.8 Å². The predicted octanol–water partition coefficient (Wildman–Crippen LogP) is 14.9. The molecule has 0 N–H and O–H groups in total. The lowest BCUT2D eigenvalue weighted by Crippen LogP contribution is -2.25. The molecule has 0 aliphatic heterocycles. The number of hydrogen-bond acceptors (Lipinski definition) is 4. The standard InChI is InChI=1S/C58H35N3S/c1-2-13-37(14-3-1)55-59-56(61-57(60-55)42-16-12-15-39(33-42)41-30-32-54-48(35-41)46-20-7-11-24-53(46)62-54)38-27-25-36(26-28-38)40-29-31-52-47(34-40)45-19-6-10-23-51(45)58(52)49-21-8-4-17-43(49)44-18-5-9-22-50(44)58/h1-35H. The first kappa shape index (κ1) is 35.0. The van der Waals surface area contributed by atoms with Crippen LogP contribution in [0.3, 0.4) is 0 Å². The van der Waals surface area contributed by atoms with E-state index in [9.17, 15) is 0 Å². The van der Waals surface area contributed by atoms with Crippen molar-refractivity contribution in [2.75, 3.05) is 0 Å². The summed E-state index contributed by atoms with van der Waals surface area (Å²) in [4.78, 5) is 15.3. The third-order valence-corrected chi connectivity index (χ3v) is 14.1. The molecule has 0 saturated carbocycles. The third kappa shape index (κ3) is 5.20. The van der Waals surface area contributed by atoms with Crippen molar-refractivity contribution < 1.29 is 0 Å². The predicted molar refractivity (Wildman–Crippen MR) is 256 cm³/mol. The van der Waals surface area contributed by atoms with Crippen molar-refractivity contribution in [3.05, 3.63) is 235 Å². The molecule has 0 saturated heterocycles. The highest BCUT2D eigenvalue weighted by molar-refractivity contribution is 7.25. The summed E-state index contributed by atoms with van der Waals surface area (Å²) in [5, 5.41) is 2.58. The van der Waals surface area contributed by atoms with Gasteiger partial charge in [0.2, 0.25) is 0 Å². The first-order chi connectivity index (χ1) is 30.7.